The molecule has 110 valence electrons. The maximum absolute atomic E-state index is 9.59. The van der Waals surface area contributed by atoms with E-state index in [4.69, 9.17) is 0 Å². The van der Waals surface area contributed by atoms with Gasteiger partial charge in [0.2, 0.25) is 0 Å². The van der Waals surface area contributed by atoms with E-state index >= 15 is 0 Å². The molecule has 0 radical (unpaired) electrons. The zero-order valence-electron chi connectivity index (χ0n) is 12.6. The van der Waals surface area contributed by atoms with Crippen LogP contribution < -0.4 is 5.32 Å². The lowest BCUT2D eigenvalue weighted by Gasteiger charge is -2.31. The molecule has 1 rings (SSSR count). The van der Waals surface area contributed by atoms with Gasteiger partial charge in [0.15, 0.2) is 0 Å². The van der Waals surface area contributed by atoms with Crippen LogP contribution in [0, 0.1) is 6.92 Å². The van der Waals surface area contributed by atoms with Crippen molar-refractivity contribution in [3.8, 4) is 0 Å². The Morgan fingerprint density at radius 2 is 2.21 bits per heavy atom. The molecule has 0 aliphatic rings. The highest BCUT2D eigenvalue weighted by atomic mass is 32.2. The van der Waals surface area contributed by atoms with Crippen LogP contribution >= 0.6 is 11.8 Å². The highest BCUT2D eigenvalue weighted by Crippen LogP contribution is 2.23. The van der Waals surface area contributed by atoms with Crippen LogP contribution in [0.4, 0.5) is 0 Å². The molecule has 1 unspecified atom stereocenters. The Morgan fingerprint density at radius 3 is 2.68 bits per heavy atom. The van der Waals surface area contributed by atoms with Crippen molar-refractivity contribution in [2.45, 2.75) is 50.6 Å². The first kappa shape index (κ1) is 16.5. The Kier molecular flexibility index (Phi) is 6.89. The van der Waals surface area contributed by atoms with E-state index in [2.05, 4.69) is 30.3 Å². The lowest BCUT2D eigenvalue weighted by atomic mass is 9.91. The second-order valence-corrected chi connectivity index (χ2v) is 6.14. The fraction of sp³-hybridized carbons (Fsp3) is 0.786. The highest BCUT2D eigenvalue weighted by Gasteiger charge is 2.25. The van der Waals surface area contributed by atoms with Crippen molar-refractivity contribution in [1.29, 1.82) is 0 Å². The van der Waals surface area contributed by atoms with E-state index in [0.717, 1.165) is 37.3 Å². The second-order valence-electron chi connectivity index (χ2n) is 5.02. The van der Waals surface area contributed by atoms with Crippen molar-refractivity contribution < 1.29 is 5.11 Å². The Balaban J connectivity index is 2.38. The smallest absolute Gasteiger partial charge is 0.0939 e. The Hall–Kier alpha value is -0.520. The van der Waals surface area contributed by atoms with Crippen molar-refractivity contribution >= 4 is 11.8 Å². The number of aliphatic hydroxyl groups excluding tert-OH is 1. The fourth-order valence-corrected chi connectivity index (χ4v) is 3.30. The topological polar surface area (TPSA) is 50.1 Å². The van der Waals surface area contributed by atoms with Crippen LogP contribution in [0.5, 0.6) is 0 Å². The molecule has 0 aliphatic heterocycles. The maximum Gasteiger partial charge on any atom is 0.0939 e. The van der Waals surface area contributed by atoms with Crippen LogP contribution in [0.15, 0.2) is 11.1 Å². The SMILES string of the molecule is CCNC(CC)(CO)CCCSc1cc(C)nn1C. The number of aliphatic hydroxyl groups is 1. The molecular formula is C14H27N3OS. The number of nitrogens with one attached hydrogen (secondary N) is 1. The minimum absolute atomic E-state index is 0.0995. The number of rotatable bonds is 9. The molecule has 0 bridgehead atoms. The van der Waals surface area contributed by atoms with E-state index in [-0.39, 0.29) is 12.1 Å². The summed E-state index contributed by atoms with van der Waals surface area (Å²) in [4.78, 5) is 0. The number of likely N-dealkylation sites (N-methyl/N-ethyl adjacent to an activating group) is 1. The van der Waals surface area contributed by atoms with E-state index < -0.39 is 0 Å². The quantitative estimate of drug-likeness (QED) is 0.540. The van der Waals surface area contributed by atoms with Crippen LogP contribution in [0.1, 0.15) is 38.8 Å². The molecule has 0 aromatic carbocycles. The van der Waals surface area contributed by atoms with Crippen LogP contribution in [0.2, 0.25) is 0 Å². The molecule has 1 atom stereocenters. The first-order chi connectivity index (χ1) is 9.06. The van der Waals surface area contributed by atoms with Gasteiger partial charge in [-0.3, -0.25) is 4.68 Å². The Bertz CT molecular complexity index is 375. The van der Waals surface area contributed by atoms with Gasteiger partial charge in [0.05, 0.1) is 17.3 Å². The molecule has 1 heterocycles. The third-order valence-electron chi connectivity index (χ3n) is 3.54. The van der Waals surface area contributed by atoms with Gasteiger partial charge < -0.3 is 10.4 Å². The normalized spacial score (nSPS) is 14.6. The number of nitrogens with zero attached hydrogens (tertiary/aromatic N) is 2. The highest BCUT2D eigenvalue weighted by molar-refractivity contribution is 7.99. The second kappa shape index (κ2) is 7.92. The van der Waals surface area contributed by atoms with E-state index in [9.17, 15) is 5.11 Å². The molecule has 0 fully saturated rings. The van der Waals surface area contributed by atoms with E-state index in [0.29, 0.717) is 0 Å². The average Bonchev–Trinajstić information content (AvgIpc) is 2.72. The van der Waals surface area contributed by atoms with Crippen molar-refractivity contribution in [2.24, 2.45) is 7.05 Å². The number of hydrogen-bond acceptors (Lipinski definition) is 4. The van der Waals surface area contributed by atoms with Crippen molar-refractivity contribution in [3.63, 3.8) is 0 Å². The van der Waals surface area contributed by atoms with Gasteiger partial charge in [-0.2, -0.15) is 5.10 Å². The number of aryl methyl sites for hydroxylation is 2. The van der Waals surface area contributed by atoms with Gasteiger partial charge in [-0.1, -0.05) is 13.8 Å². The van der Waals surface area contributed by atoms with Crippen LogP contribution in [-0.4, -0.2) is 39.3 Å². The summed E-state index contributed by atoms with van der Waals surface area (Å²) >= 11 is 1.84. The summed E-state index contributed by atoms with van der Waals surface area (Å²) in [6.07, 6.45) is 3.07. The standard InChI is InChI=1S/C14H27N3OS/c1-5-14(11-18,15-6-2)8-7-9-19-13-10-12(3)16-17(13)4/h10,15,18H,5-9,11H2,1-4H3. The lowest BCUT2D eigenvalue weighted by Crippen LogP contribution is -2.48. The molecular weight excluding hydrogens is 258 g/mol. The van der Waals surface area contributed by atoms with E-state index in [1.807, 2.05) is 30.4 Å². The predicted molar refractivity (Wildman–Crippen MR) is 81.7 cm³/mol. The molecule has 4 nitrogen and oxygen atoms in total. The molecule has 19 heavy (non-hydrogen) atoms. The molecule has 2 N–H and O–H groups in total. The van der Waals surface area contributed by atoms with Gasteiger partial charge in [0, 0.05) is 12.6 Å². The first-order valence-electron chi connectivity index (χ1n) is 7.06. The zero-order valence-corrected chi connectivity index (χ0v) is 13.4. The number of thioether (sulfide) groups is 1. The van der Waals surface area contributed by atoms with Crippen LogP contribution in [0.3, 0.4) is 0 Å². The summed E-state index contributed by atoms with van der Waals surface area (Å²) in [7, 11) is 1.98. The summed E-state index contributed by atoms with van der Waals surface area (Å²) in [5, 5.41) is 18.6. The van der Waals surface area contributed by atoms with Crippen LogP contribution in [-0.2, 0) is 7.05 Å². The minimum Gasteiger partial charge on any atom is -0.394 e. The zero-order chi connectivity index (χ0) is 14.3. The molecule has 0 saturated carbocycles. The van der Waals surface area contributed by atoms with Crippen molar-refractivity contribution in [2.75, 3.05) is 18.9 Å². The molecule has 5 heteroatoms. The molecule has 0 aliphatic carbocycles. The molecule has 0 saturated heterocycles. The fourth-order valence-electron chi connectivity index (χ4n) is 2.32. The summed E-state index contributed by atoms with van der Waals surface area (Å²) in [5.74, 6) is 1.06. The average molecular weight is 285 g/mol. The van der Waals surface area contributed by atoms with Gasteiger partial charge in [0.25, 0.3) is 0 Å². The summed E-state index contributed by atoms with van der Waals surface area (Å²) in [6.45, 7) is 7.36. The largest absolute Gasteiger partial charge is 0.394 e. The molecule has 0 spiro atoms. The lowest BCUT2D eigenvalue weighted by molar-refractivity contribution is 0.148. The van der Waals surface area contributed by atoms with Crippen molar-refractivity contribution in [1.82, 2.24) is 15.1 Å². The summed E-state index contributed by atoms with van der Waals surface area (Å²) in [5.41, 5.74) is 0.966. The van der Waals surface area contributed by atoms with E-state index in [1.54, 1.807) is 0 Å². The molecule has 1 aromatic heterocycles. The van der Waals surface area contributed by atoms with Crippen molar-refractivity contribution in [3.05, 3.63) is 11.8 Å². The van der Waals surface area contributed by atoms with E-state index in [1.165, 1.54) is 5.03 Å². The van der Waals surface area contributed by atoms with Gasteiger partial charge >= 0.3 is 0 Å². The monoisotopic (exact) mass is 285 g/mol. The first-order valence-corrected chi connectivity index (χ1v) is 8.04. The summed E-state index contributed by atoms with van der Waals surface area (Å²) in [6, 6.07) is 2.12. The van der Waals surface area contributed by atoms with Gasteiger partial charge in [-0.15, -0.1) is 11.8 Å². The van der Waals surface area contributed by atoms with Gasteiger partial charge in [-0.05, 0) is 44.6 Å². The molecule has 1 aromatic rings. The van der Waals surface area contributed by atoms with Gasteiger partial charge in [0.1, 0.15) is 0 Å². The minimum atomic E-state index is -0.0995. The third-order valence-corrected chi connectivity index (χ3v) is 4.71. The predicted octanol–water partition coefficient (Wildman–Crippen LogP) is 2.35. The van der Waals surface area contributed by atoms with Gasteiger partial charge in [-0.25, -0.2) is 0 Å². The Morgan fingerprint density at radius 1 is 1.47 bits per heavy atom. The number of aromatic nitrogens is 2. The maximum atomic E-state index is 9.59. The molecule has 0 amide bonds. The van der Waals surface area contributed by atoms with Crippen LogP contribution in [0.25, 0.3) is 0 Å². The third kappa shape index (κ3) is 4.82. The summed E-state index contributed by atoms with van der Waals surface area (Å²) < 4.78 is 1.93. The number of hydrogen-bond donors (Lipinski definition) is 2. The Labute approximate surface area is 121 Å².